The Bertz CT molecular complexity index is 480. The minimum atomic E-state index is 0.345. The molecule has 2 aliphatic rings. The Morgan fingerprint density at radius 2 is 2.15 bits per heavy atom. The molecule has 2 atom stereocenters. The third-order valence-electron chi connectivity index (χ3n) is 4.22. The van der Waals surface area contributed by atoms with Crippen molar-refractivity contribution in [2.24, 2.45) is 4.99 Å². The largest absolute Gasteiger partial charge is 0.376 e. The maximum atomic E-state index is 5.61. The molecule has 1 aromatic rings. The van der Waals surface area contributed by atoms with Crippen LogP contribution in [-0.2, 0) is 11.2 Å². The van der Waals surface area contributed by atoms with Crippen molar-refractivity contribution in [3.8, 4) is 0 Å². The van der Waals surface area contributed by atoms with E-state index in [9.17, 15) is 0 Å². The van der Waals surface area contributed by atoms with Crippen molar-refractivity contribution in [2.45, 2.75) is 31.3 Å². The number of ether oxygens (including phenoxy) is 1. The van der Waals surface area contributed by atoms with E-state index in [1.807, 2.05) is 7.05 Å². The molecule has 1 saturated heterocycles. The van der Waals surface area contributed by atoms with E-state index in [0.29, 0.717) is 12.0 Å². The van der Waals surface area contributed by atoms with Gasteiger partial charge in [0.15, 0.2) is 5.96 Å². The molecule has 3 rings (SSSR count). The Labute approximate surface area is 120 Å². The minimum absolute atomic E-state index is 0.345. The number of rotatable bonds is 4. The molecule has 0 saturated carbocycles. The van der Waals surface area contributed by atoms with Gasteiger partial charge < -0.3 is 15.4 Å². The first-order chi connectivity index (χ1) is 9.86. The molecule has 2 N–H and O–H groups in total. The van der Waals surface area contributed by atoms with E-state index in [2.05, 4.69) is 39.9 Å². The van der Waals surface area contributed by atoms with Crippen LogP contribution >= 0.6 is 0 Å². The van der Waals surface area contributed by atoms with Crippen LogP contribution in [0.15, 0.2) is 29.3 Å². The van der Waals surface area contributed by atoms with Crippen molar-refractivity contribution in [3.63, 3.8) is 0 Å². The molecule has 0 radical (unpaired) electrons. The fourth-order valence-electron chi connectivity index (χ4n) is 3.00. The molecule has 108 valence electrons. The van der Waals surface area contributed by atoms with Crippen LogP contribution < -0.4 is 10.6 Å². The normalized spacial score (nSPS) is 24.9. The van der Waals surface area contributed by atoms with Crippen LogP contribution in [0.1, 0.15) is 29.9 Å². The Balaban J connectivity index is 1.43. The molecule has 4 heteroatoms. The van der Waals surface area contributed by atoms with Crippen molar-refractivity contribution in [1.29, 1.82) is 0 Å². The third-order valence-corrected chi connectivity index (χ3v) is 4.22. The Morgan fingerprint density at radius 3 is 2.90 bits per heavy atom. The lowest BCUT2D eigenvalue weighted by Crippen LogP contribution is -2.43. The summed E-state index contributed by atoms with van der Waals surface area (Å²) in [4.78, 5) is 4.27. The van der Waals surface area contributed by atoms with E-state index in [1.165, 1.54) is 24.0 Å². The lowest BCUT2D eigenvalue weighted by atomic mass is 9.78. The maximum Gasteiger partial charge on any atom is 0.191 e. The molecule has 0 spiro atoms. The lowest BCUT2D eigenvalue weighted by Gasteiger charge is -2.30. The van der Waals surface area contributed by atoms with E-state index < -0.39 is 0 Å². The SMILES string of the molecule is CN=C(NCC1CCCO1)NCC1Cc2ccccc21. The molecule has 1 aliphatic carbocycles. The van der Waals surface area contributed by atoms with E-state index in [-0.39, 0.29) is 0 Å². The highest BCUT2D eigenvalue weighted by molar-refractivity contribution is 5.79. The van der Waals surface area contributed by atoms with Crippen LogP contribution in [0, 0.1) is 0 Å². The second-order valence-electron chi connectivity index (χ2n) is 5.57. The van der Waals surface area contributed by atoms with Crippen LogP contribution in [0.4, 0.5) is 0 Å². The topological polar surface area (TPSA) is 45.7 Å². The minimum Gasteiger partial charge on any atom is -0.376 e. The Kier molecular flexibility index (Phi) is 4.21. The lowest BCUT2D eigenvalue weighted by molar-refractivity contribution is 0.114. The van der Waals surface area contributed by atoms with Gasteiger partial charge in [-0.15, -0.1) is 0 Å². The van der Waals surface area contributed by atoms with Crippen LogP contribution in [0.2, 0.25) is 0 Å². The number of benzene rings is 1. The van der Waals surface area contributed by atoms with Crippen molar-refractivity contribution in [2.75, 3.05) is 26.7 Å². The second kappa shape index (κ2) is 6.27. The van der Waals surface area contributed by atoms with E-state index in [4.69, 9.17) is 4.74 Å². The number of hydrogen-bond donors (Lipinski definition) is 2. The van der Waals surface area contributed by atoms with Gasteiger partial charge in [-0.1, -0.05) is 24.3 Å². The second-order valence-corrected chi connectivity index (χ2v) is 5.57. The average molecular weight is 273 g/mol. The molecule has 0 aromatic heterocycles. The molecule has 0 amide bonds. The first-order valence-corrected chi connectivity index (χ1v) is 7.50. The Morgan fingerprint density at radius 1 is 1.30 bits per heavy atom. The van der Waals surface area contributed by atoms with E-state index >= 15 is 0 Å². The molecule has 1 heterocycles. The summed E-state index contributed by atoms with van der Waals surface area (Å²) < 4.78 is 5.61. The van der Waals surface area contributed by atoms with Gasteiger partial charge in [0.2, 0.25) is 0 Å². The number of fused-ring (bicyclic) bond motifs is 1. The summed E-state index contributed by atoms with van der Waals surface area (Å²) in [5.41, 5.74) is 2.97. The van der Waals surface area contributed by atoms with Gasteiger partial charge in [0.05, 0.1) is 6.10 Å². The standard InChI is InChI=1S/C16H23N3O/c1-17-16(19-11-14-6-4-8-20-14)18-10-13-9-12-5-2-3-7-15(12)13/h2-3,5,7,13-14H,4,6,8-11H2,1H3,(H2,17,18,19). The third kappa shape index (κ3) is 2.96. The zero-order chi connectivity index (χ0) is 13.8. The fourth-order valence-corrected chi connectivity index (χ4v) is 3.00. The molecule has 1 fully saturated rings. The summed E-state index contributed by atoms with van der Waals surface area (Å²) in [7, 11) is 1.82. The maximum absolute atomic E-state index is 5.61. The first kappa shape index (κ1) is 13.4. The van der Waals surface area contributed by atoms with Gasteiger partial charge in [0.25, 0.3) is 0 Å². The summed E-state index contributed by atoms with van der Waals surface area (Å²) in [6.07, 6.45) is 3.85. The fraction of sp³-hybridized carbons (Fsp3) is 0.562. The first-order valence-electron chi connectivity index (χ1n) is 7.50. The van der Waals surface area contributed by atoms with Crippen molar-refractivity contribution in [1.82, 2.24) is 10.6 Å². The molecule has 4 nitrogen and oxygen atoms in total. The quantitative estimate of drug-likeness (QED) is 0.648. The summed E-state index contributed by atoms with van der Waals surface area (Å²) in [6.45, 7) is 2.69. The highest BCUT2D eigenvalue weighted by atomic mass is 16.5. The molecule has 1 aliphatic heterocycles. The number of aliphatic imine (C=N–C) groups is 1. The van der Waals surface area contributed by atoms with Gasteiger partial charge in [-0.2, -0.15) is 0 Å². The van der Waals surface area contributed by atoms with Crippen LogP contribution in [0.3, 0.4) is 0 Å². The summed E-state index contributed by atoms with van der Waals surface area (Å²) >= 11 is 0. The van der Waals surface area contributed by atoms with Gasteiger partial charge in [-0.25, -0.2) is 0 Å². The summed E-state index contributed by atoms with van der Waals surface area (Å²) in [5.74, 6) is 1.50. The van der Waals surface area contributed by atoms with Gasteiger partial charge >= 0.3 is 0 Å². The van der Waals surface area contributed by atoms with E-state index in [0.717, 1.165) is 32.1 Å². The van der Waals surface area contributed by atoms with E-state index in [1.54, 1.807) is 0 Å². The predicted molar refractivity (Wildman–Crippen MR) is 81.2 cm³/mol. The molecular weight excluding hydrogens is 250 g/mol. The number of guanidine groups is 1. The number of nitrogens with one attached hydrogen (secondary N) is 2. The number of hydrogen-bond acceptors (Lipinski definition) is 2. The molecule has 2 unspecified atom stereocenters. The predicted octanol–water partition coefficient (Wildman–Crippen LogP) is 1.67. The van der Waals surface area contributed by atoms with Gasteiger partial charge in [-0.05, 0) is 30.4 Å². The summed E-state index contributed by atoms with van der Waals surface area (Å²) in [5, 5.41) is 6.77. The highest BCUT2D eigenvalue weighted by Crippen LogP contribution is 2.33. The smallest absolute Gasteiger partial charge is 0.191 e. The number of nitrogens with zero attached hydrogens (tertiary/aromatic N) is 1. The van der Waals surface area contributed by atoms with Crippen LogP contribution in [0.25, 0.3) is 0 Å². The van der Waals surface area contributed by atoms with Crippen LogP contribution in [-0.4, -0.2) is 38.8 Å². The zero-order valence-corrected chi connectivity index (χ0v) is 12.1. The monoisotopic (exact) mass is 273 g/mol. The summed E-state index contributed by atoms with van der Waals surface area (Å²) in [6, 6.07) is 8.68. The van der Waals surface area contributed by atoms with Crippen molar-refractivity contribution < 1.29 is 4.74 Å². The highest BCUT2D eigenvalue weighted by Gasteiger charge is 2.25. The molecule has 0 bridgehead atoms. The van der Waals surface area contributed by atoms with Crippen molar-refractivity contribution >= 4 is 5.96 Å². The molecule has 1 aromatic carbocycles. The Hall–Kier alpha value is -1.55. The molecule has 20 heavy (non-hydrogen) atoms. The van der Waals surface area contributed by atoms with Gasteiger partial charge in [0.1, 0.15) is 0 Å². The molecular formula is C16H23N3O. The van der Waals surface area contributed by atoms with Crippen molar-refractivity contribution in [3.05, 3.63) is 35.4 Å². The average Bonchev–Trinajstić information content (AvgIpc) is 2.96. The van der Waals surface area contributed by atoms with Gasteiger partial charge in [-0.3, -0.25) is 4.99 Å². The van der Waals surface area contributed by atoms with Gasteiger partial charge in [0, 0.05) is 32.7 Å². The van der Waals surface area contributed by atoms with Crippen LogP contribution in [0.5, 0.6) is 0 Å². The zero-order valence-electron chi connectivity index (χ0n) is 12.1.